The summed E-state index contributed by atoms with van der Waals surface area (Å²) in [5.74, 6) is -0.528. The minimum Gasteiger partial charge on any atom is -0.347 e. The number of pyridine rings is 1. The molecule has 2 aromatic rings. The van der Waals surface area contributed by atoms with Crippen molar-refractivity contribution < 1.29 is 14.4 Å². The second-order valence-corrected chi connectivity index (χ2v) is 6.61. The first-order valence-electron chi connectivity index (χ1n) is 8.54. The maximum atomic E-state index is 12.6. The molecule has 0 atom stereocenters. The zero-order valence-electron chi connectivity index (χ0n) is 14.6. The molecule has 1 aliphatic rings. The van der Waals surface area contributed by atoms with Gasteiger partial charge in [-0.3, -0.25) is 19.4 Å². The van der Waals surface area contributed by atoms with E-state index in [1.54, 1.807) is 28.0 Å². The van der Waals surface area contributed by atoms with Crippen LogP contribution in [0.3, 0.4) is 0 Å². The maximum absolute atomic E-state index is 12.6. The molecule has 1 N–H and O–H groups in total. The summed E-state index contributed by atoms with van der Waals surface area (Å²) >= 11 is 5.84. The third-order valence-electron chi connectivity index (χ3n) is 4.36. The highest BCUT2D eigenvalue weighted by Gasteiger charge is 2.22. The number of amides is 3. The van der Waals surface area contributed by atoms with Crippen molar-refractivity contribution in [2.24, 2.45) is 0 Å². The third kappa shape index (κ3) is 4.83. The molecule has 140 valence electrons. The Morgan fingerprint density at radius 1 is 1.11 bits per heavy atom. The number of carbonyl (C=O) groups is 3. The number of rotatable bonds is 5. The van der Waals surface area contributed by atoms with E-state index in [1.807, 2.05) is 12.1 Å². The molecule has 1 aliphatic heterocycles. The van der Waals surface area contributed by atoms with E-state index in [2.05, 4.69) is 10.3 Å². The third-order valence-corrected chi connectivity index (χ3v) is 4.61. The van der Waals surface area contributed by atoms with Crippen molar-refractivity contribution >= 4 is 29.8 Å². The van der Waals surface area contributed by atoms with Crippen molar-refractivity contribution in [2.45, 2.75) is 6.54 Å². The molecule has 1 saturated heterocycles. The Bertz CT molecular complexity index is 833. The molecule has 7 nitrogen and oxygen atoms in total. The van der Waals surface area contributed by atoms with Crippen molar-refractivity contribution in [1.29, 1.82) is 0 Å². The Morgan fingerprint density at radius 3 is 2.48 bits per heavy atom. The monoisotopic (exact) mass is 386 g/mol. The second kappa shape index (κ2) is 8.64. The predicted molar refractivity (Wildman–Crippen MR) is 100 cm³/mol. The average molecular weight is 387 g/mol. The number of hydrogen-bond donors (Lipinski definition) is 1. The standard InChI is InChI=1S/C19H19ClN4O3/c20-16-3-1-14(2-4-16)12-22-18(26)17-11-15(5-6-21-17)19(27)24-9-7-23(13-25)8-10-24/h1-6,11,13H,7-10,12H2,(H,22,26). The van der Waals surface area contributed by atoms with Crippen molar-refractivity contribution in [1.82, 2.24) is 20.1 Å². The summed E-state index contributed by atoms with van der Waals surface area (Å²) in [7, 11) is 0. The van der Waals surface area contributed by atoms with E-state index in [0.29, 0.717) is 43.3 Å². The number of nitrogens with one attached hydrogen (secondary N) is 1. The first-order valence-corrected chi connectivity index (χ1v) is 8.92. The number of nitrogens with zero attached hydrogens (tertiary/aromatic N) is 3. The first kappa shape index (κ1) is 18.8. The van der Waals surface area contributed by atoms with Gasteiger partial charge < -0.3 is 15.1 Å². The molecule has 0 saturated carbocycles. The van der Waals surface area contributed by atoms with Gasteiger partial charge in [-0.25, -0.2) is 0 Å². The molecule has 3 rings (SSSR count). The van der Waals surface area contributed by atoms with E-state index in [-0.39, 0.29) is 17.5 Å². The number of hydrogen-bond acceptors (Lipinski definition) is 4. The first-order chi connectivity index (χ1) is 13.1. The molecule has 3 amide bonds. The summed E-state index contributed by atoms with van der Waals surface area (Å²) in [6, 6.07) is 10.2. The Balaban J connectivity index is 1.62. The summed E-state index contributed by atoms with van der Waals surface area (Å²) in [5, 5.41) is 3.41. The lowest BCUT2D eigenvalue weighted by atomic mass is 10.1. The van der Waals surface area contributed by atoms with Gasteiger partial charge in [0.05, 0.1) is 0 Å². The van der Waals surface area contributed by atoms with Crippen molar-refractivity contribution in [3.63, 3.8) is 0 Å². The van der Waals surface area contributed by atoms with Crippen molar-refractivity contribution in [2.75, 3.05) is 26.2 Å². The molecule has 1 aromatic heterocycles. The number of benzene rings is 1. The maximum Gasteiger partial charge on any atom is 0.270 e. The van der Waals surface area contributed by atoms with E-state index in [9.17, 15) is 14.4 Å². The van der Waals surface area contributed by atoms with Gasteiger partial charge in [-0.05, 0) is 29.8 Å². The van der Waals surface area contributed by atoms with E-state index in [0.717, 1.165) is 12.0 Å². The molecular formula is C19H19ClN4O3. The molecular weight excluding hydrogens is 368 g/mol. The van der Waals surface area contributed by atoms with Crippen LogP contribution >= 0.6 is 11.6 Å². The van der Waals surface area contributed by atoms with Crippen LogP contribution in [0.1, 0.15) is 26.4 Å². The molecule has 0 unspecified atom stereocenters. The highest BCUT2D eigenvalue weighted by molar-refractivity contribution is 6.30. The lowest BCUT2D eigenvalue weighted by Crippen LogP contribution is -2.48. The molecule has 0 spiro atoms. The molecule has 0 bridgehead atoms. The number of piperazine rings is 1. The molecule has 2 heterocycles. The zero-order chi connectivity index (χ0) is 19.2. The molecule has 27 heavy (non-hydrogen) atoms. The summed E-state index contributed by atoms with van der Waals surface area (Å²) in [4.78, 5) is 43.1. The fourth-order valence-electron chi connectivity index (χ4n) is 2.78. The SMILES string of the molecule is O=CN1CCN(C(=O)c2ccnc(C(=O)NCc3ccc(Cl)cc3)c2)CC1. The molecule has 8 heteroatoms. The largest absolute Gasteiger partial charge is 0.347 e. The minimum atomic E-state index is -0.356. The van der Waals surface area contributed by atoms with Crippen LogP contribution in [0.2, 0.25) is 5.02 Å². The molecule has 0 aliphatic carbocycles. The van der Waals surface area contributed by atoms with E-state index < -0.39 is 0 Å². The topological polar surface area (TPSA) is 82.6 Å². The molecule has 1 aromatic carbocycles. The van der Waals surface area contributed by atoms with Gasteiger partial charge in [-0.2, -0.15) is 0 Å². The Morgan fingerprint density at radius 2 is 1.81 bits per heavy atom. The Hall–Kier alpha value is -2.93. The lowest BCUT2D eigenvalue weighted by Gasteiger charge is -2.32. The van der Waals surface area contributed by atoms with Crippen molar-refractivity contribution in [3.8, 4) is 0 Å². The van der Waals surface area contributed by atoms with Crippen molar-refractivity contribution in [3.05, 3.63) is 64.4 Å². The summed E-state index contributed by atoms with van der Waals surface area (Å²) in [5.41, 5.74) is 1.50. The summed E-state index contributed by atoms with van der Waals surface area (Å²) in [6.45, 7) is 2.29. The van der Waals surface area contributed by atoms with Crippen LogP contribution < -0.4 is 5.32 Å². The predicted octanol–water partition coefficient (Wildman–Crippen LogP) is 1.58. The van der Waals surface area contributed by atoms with Crippen LogP contribution in [0.15, 0.2) is 42.6 Å². The van der Waals surface area contributed by atoms with Gasteiger partial charge in [0.25, 0.3) is 11.8 Å². The van der Waals surface area contributed by atoms with Gasteiger partial charge >= 0.3 is 0 Å². The number of aromatic nitrogens is 1. The average Bonchev–Trinajstić information content (AvgIpc) is 2.72. The van der Waals surface area contributed by atoms with Crippen LogP contribution in [0.4, 0.5) is 0 Å². The lowest BCUT2D eigenvalue weighted by molar-refractivity contribution is -0.119. The highest BCUT2D eigenvalue weighted by atomic mass is 35.5. The fourth-order valence-corrected chi connectivity index (χ4v) is 2.90. The molecule has 0 radical (unpaired) electrons. The van der Waals surface area contributed by atoms with Crippen LogP contribution in [0.5, 0.6) is 0 Å². The molecule has 1 fully saturated rings. The Kier molecular flexibility index (Phi) is 6.03. The normalized spacial score (nSPS) is 14.0. The summed E-state index contributed by atoms with van der Waals surface area (Å²) < 4.78 is 0. The quantitative estimate of drug-likeness (QED) is 0.791. The van der Waals surface area contributed by atoms with Crippen LogP contribution in [-0.4, -0.2) is 59.2 Å². The fraction of sp³-hybridized carbons (Fsp3) is 0.263. The van der Waals surface area contributed by atoms with Gasteiger partial charge in [-0.1, -0.05) is 23.7 Å². The smallest absolute Gasteiger partial charge is 0.270 e. The van der Waals surface area contributed by atoms with Crippen LogP contribution in [0, 0.1) is 0 Å². The Labute approximate surface area is 161 Å². The van der Waals surface area contributed by atoms with E-state index in [4.69, 9.17) is 11.6 Å². The second-order valence-electron chi connectivity index (χ2n) is 6.17. The van der Waals surface area contributed by atoms with Crippen LogP contribution in [0.25, 0.3) is 0 Å². The van der Waals surface area contributed by atoms with Crippen LogP contribution in [-0.2, 0) is 11.3 Å². The highest BCUT2D eigenvalue weighted by Crippen LogP contribution is 2.11. The van der Waals surface area contributed by atoms with E-state index >= 15 is 0 Å². The van der Waals surface area contributed by atoms with Gasteiger partial charge in [0.2, 0.25) is 6.41 Å². The zero-order valence-corrected chi connectivity index (χ0v) is 15.4. The number of halogens is 1. The van der Waals surface area contributed by atoms with Gasteiger partial charge in [0, 0.05) is 49.5 Å². The van der Waals surface area contributed by atoms with Gasteiger partial charge in [0.15, 0.2) is 0 Å². The van der Waals surface area contributed by atoms with Gasteiger partial charge in [-0.15, -0.1) is 0 Å². The van der Waals surface area contributed by atoms with Gasteiger partial charge in [0.1, 0.15) is 5.69 Å². The summed E-state index contributed by atoms with van der Waals surface area (Å²) in [6.07, 6.45) is 2.24. The number of carbonyl (C=O) groups excluding carboxylic acids is 3. The minimum absolute atomic E-state index is 0.172. The van der Waals surface area contributed by atoms with E-state index in [1.165, 1.54) is 12.3 Å².